The Balaban J connectivity index is 2.21. The van der Waals surface area contributed by atoms with Crippen molar-refractivity contribution in [3.63, 3.8) is 0 Å². The van der Waals surface area contributed by atoms with Crippen LogP contribution in [0.4, 0.5) is 5.69 Å². The van der Waals surface area contributed by atoms with Crippen LogP contribution < -0.4 is 10.0 Å². The highest BCUT2D eigenvalue weighted by Crippen LogP contribution is 2.21. The predicted molar refractivity (Wildman–Crippen MR) is 86.5 cm³/mol. The maximum atomic E-state index is 12.1. The van der Waals surface area contributed by atoms with Crippen molar-refractivity contribution in [1.29, 1.82) is 0 Å². The molecule has 0 fully saturated rings. The lowest BCUT2D eigenvalue weighted by molar-refractivity contribution is 0.0697. The molecule has 0 saturated carbocycles. The highest BCUT2D eigenvalue weighted by Gasteiger charge is 2.18. The zero-order valence-electron chi connectivity index (χ0n) is 13.0. The Morgan fingerprint density at radius 2 is 2.12 bits per heavy atom. The maximum absolute atomic E-state index is 12.1. The molecular weight excluding hydrogens is 336 g/mol. The Bertz CT molecular complexity index is 786. The Kier molecular flexibility index (Phi) is 5.96. The predicted octanol–water partition coefficient (Wildman–Crippen LogP) is 1.51. The molecule has 0 radical (unpaired) electrons. The lowest BCUT2D eigenvalue weighted by Gasteiger charge is -2.11. The maximum Gasteiger partial charge on any atom is 0.337 e. The van der Waals surface area contributed by atoms with Crippen molar-refractivity contribution in [2.24, 2.45) is 0 Å². The van der Waals surface area contributed by atoms with E-state index in [1.54, 1.807) is 12.1 Å². The lowest BCUT2D eigenvalue weighted by Crippen LogP contribution is -2.27. The summed E-state index contributed by atoms with van der Waals surface area (Å²) in [6, 6.07) is 7.33. The molecule has 0 atom stereocenters. The molecule has 0 amide bonds. The number of aromatic carboxylic acids is 1. The Labute approximate surface area is 139 Å². The number of hydrogen-bond acceptors (Lipinski definition) is 6. The van der Waals surface area contributed by atoms with E-state index in [1.165, 1.54) is 25.5 Å². The third-order valence-electron chi connectivity index (χ3n) is 3.16. The van der Waals surface area contributed by atoms with Gasteiger partial charge in [-0.25, -0.2) is 17.9 Å². The molecule has 0 unspecified atom stereocenters. The van der Waals surface area contributed by atoms with E-state index >= 15 is 0 Å². The molecule has 2 aromatic rings. The van der Waals surface area contributed by atoms with Crippen LogP contribution in [0.3, 0.4) is 0 Å². The molecule has 0 spiro atoms. The van der Waals surface area contributed by atoms with Crippen LogP contribution in [-0.2, 0) is 21.3 Å². The summed E-state index contributed by atoms with van der Waals surface area (Å²) >= 11 is 0. The van der Waals surface area contributed by atoms with E-state index in [9.17, 15) is 18.3 Å². The SMILES string of the molecule is COCCNS(=O)(=O)c1ccc(NCc2ccco2)c(C(=O)O)c1. The van der Waals surface area contributed by atoms with Crippen LogP contribution in [0.25, 0.3) is 0 Å². The van der Waals surface area contributed by atoms with Crippen molar-refractivity contribution in [3.8, 4) is 0 Å². The van der Waals surface area contributed by atoms with Crippen molar-refractivity contribution in [2.45, 2.75) is 11.4 Å². The second kappa shape index (κ2) is 7.95. The third-order valence-corrected chi connectivity index (χ3v) is 4.62. The van der Waals surface area contributed by atoms with Crippen molar-refractivity contribution in [2.75, 3.05) is 25.6 Å². The third kappa shape index (κ3) is 4.57. The van der Waals surface area contributed by atoms with E-state index in [0.717, 1.165) is 6.07 Å². The fourth-order valence-electron chi connectivity index (χ4n) is 1.98. The first-order valence-electron chi connectivity index (χ1n) is 7.06. The normalized spacial score (nSPS) is 11.4. The van der Waals surface area contributed by atoms with Gasteiger partial charge in [-0.3, -0.25) is 0 Å². The first kappa shape index (κ1) is 18.0. The first-order chi connectivity index (χ1) is 11.4. The van der Waals surface area contributed by atoms with Crippen molar-refractivity contribution in [3.05, 3.63) is 47.9 Å². The average Bonchev–Trinajstić information content (AvgIpc) is 3.06. The smallest absolute Gasteiger partial charge is 0.337 e. The van der Waals surface area contributed by atoms with E-state index in [0.29, 0.717) is 11.4 Å². The van der Waals surface area contributed by atoms with Crippen molar-refractivity contribution >= 4 is 21.7 Å². The van der Waals surface area contributed by atoms with Gasteiger partial charge < -0.3 is 19.6 Å². The molecule has 2 rings (SSSR count). The molecule has 0 saturated heterocycles. The Morgan fingerprint density at radius 1 is 1.33 bits per heavy atom. The van der Waals surface area contributed by atoms with E-state index in [-0.39, 0.29) is 30.2 Å². The highest BCUT2D eigenvalue weighted by atomic mass is 32.2. The minimum Gasteiger partial charge on any atom is -0.478 e. The molecule has 1 aromatic carbocycles. The number of sulfonamides is 1. The summed E-state index contributed by atoms with van der Waals surface area (Å²) < 4.78 is 36.6. The molecule has 1 aromatic heterocycles. The summed E-state index contributed by atoms with van der Waals surface area (Å²) in [6.45, 7) is 0.596. The zero-order valence-corrected chi connectivity index (χ0v) is 13.8. The van der Waals surface area contributed by atoms with Gasteiger partial charge >= 0.3 is 5.97 Å². The number of carboxylic acid groups (broad SMARTS) is 1. The number of hydrogen-bond donors (Lipinski definition) is 3. The second-order valence-corrected chi connectivity index (χ2v) is 6.60. The number of carbonyl (C=O) groups is 1. The van der Waals surface area contributed by atoms with Crippen LogP contribution in [-0.4, -0.2) is 39.8 Å². The lowest BCUT2D eigenvalue weighted by atomic mass is 10.2. The fourth-order valence-corrected chi connectivity index (χ4v) is 3.02. The van der Waals surface area contributed by atoms with Crippen molar-refractivity contribution < 1.29 is 27.5 Å². The van der Waals surface area contributed by atoms with Gasteiger partial charge in [0.1, 0.15) is 5.76 Å². The van der Waals surface area contributed by atoms with Crippen LogP contribution in [0.1, 0.15) is 16.1 Å². The zero-order chi connectivity index (χ0) is 17.6. The van der Waals surface area contributed by atoms with Gasteiger partial charge in [0.25, 0.3) is 0 Å². The van der Waals surface area contributed by atoms with Crippen LogP contribution in [0, 0.1) is 0 Å². The number of carboxylic acids is 1. The summed E-state index contributed by atoms with van der Waals surface area (Å²) in [5, 5.41) is 12.2. The quantitative estimate of drug-likeness (QED) is 0.584. The summed E-state index contributed by atoms with van der Waals surface area (Å²) in [5.41, 5.74) is 0.158. The van der Waals surface area contributed by atoms with Gasteiger partial charge in [-0.2, -0.15) is 0 Å². The molecule has 0 bridgehead atoms. The standard InChI is InChI=1S/C15H18N2O6S/c1-22-8-6-17-24(20,21)12-4-5-14(13(9-12)15(18)19)16-10-11-3-2-7-23-11/h2-5,7,9,16-17H,6,8,10H2,1H3,(H,18,19). The van der Waals surface area contributed by atoms with Gasteiger partial charge in [-0.05, 0) is 30.3 Å². The molecule has 0 aliphatic heterocycles. The van der Waals surface area contributed by atoms with Gasteiger partial charge in [0, 0.05) is 19.3 Å². The van der Waals surface area contributed by atoms with Gasteiger partial charge in [0.05, 0.1) is 29.9 Å². The minimum absolute atomic E-state index is 0.0970. The molecule has 9 heteroatoms. The molecule has 3 N–H and O–H groups in total. The van der Waals surface area contributed by atoms with E-state index in [4.69, 9.17) is 9.15 Å². The number of nitrogens with one attached hydrogen (secondary N) is 2. The number of ether oxygens (including phenoxy) is 1. The first-order valence-corrected chi connectivity index (χ1v) is 8.54. The van der Waals surface area contributed by atoms with Gasteiger partial charge in [0.15, 0.2) is 0 Å². The van der Waals surface area contributed by atoms with Crippen LogP contribution in [0.2, 0.25) is 0 Å². The summed E-state index contributed by atoms with van der Waals surface area (Å²) in [5.74, 6) is -0.602. The number of methoxy groups -OCH3 is 1. The largest absolute Gasteiger partial charge is 0.478 e. The summed E-state index contributed by atoms with van der Waals surface area (Å²) in [4.78, 5) is 11.3. The Hall–Kier alpha value is -2.36. The van der Waals surface area contributed by atoms with Crippen LogP contribution in [0.5, 0.6) is 0 Å². The number of benzene rings is 1. The van der Waals surface area contributed by atoms with Gasteiger partial charge in [-0.15, -0.1) is 0 Å². The number of anilines is 1. The van der Waals surface area contributed by atoms with Gasteiger partial charge in [0.2, 0.25) is 10.0 Å². The molecule has 0 aliphatic rings. The summed E-state index contributed by atoms with van der Waals surface area (Å²) in [7, 11) is -2.35. The molecule has 24 heavy (non-hydrogen) atoms. The molecule has 130 valence electrons. The fraction of sp³-hybridized carbons (Fsp3) is 0.267. The monoisotopic (exact) mass is 354 g/mol. The minimum atomic E-state index is -3.80. The molecule has 1 heterocycles. The highest BCUT2D eigenvalue weighted by molar-refractivity contribution is 7.89. The molecule has 8 nitrogen and oxygen atoms in total. The van der Waals surface area contributed by atoms with Gasteiger partial charge in [-0.1, -0.05) is 0 Å². The van der Waals surface area contributed by atoms with Crippen LogP contribution >= 0.6 is 0 Å². The molecular formula is C15H18N2O6S. The van der Waals surface area contributed by atoms with E-state index < -0.39 is 16.0 Å². The topological polar surface area (TPSA) is 118 Å². The molecule has 0 aliphatic carbocycles. The average molecular weight is 354 g/mol. The van der Waals surface area contributed by atoms with Crippen molar-refractivity contribution in [1.82, 2.24) is 4.72 Å². The van der Waals surface area contributed by atoms with E-state index in [1.807, 2.05) is 0 Å². The van der Waals surface area contributed by atoms with E-state index in [2.05, 4.69) is 10.0 Å². The summed E-state index contributed by atoms with van der Waals surface area (Å²) in [6.07, 6.45) is 1.51. The Morgan fingerprint density at radius 3 is 2.75 bits per heavy atom. The number of rotatable bonds is 9. The number of furan rings is 1. The van der Waals surface area contributed by atoms with Crippen LogP contribution in [0.15, 0.2) is 45.9 Å². The second-order valence-electron chi connectivity index (χ2n) is 4.84.